The summed E-state index contributed by atoms with van der Waals surface area (Å²) in [5.41, 5.74) is 7.99. The molecule has 1 aromatic heterocycles. The maximum atomic E-state index is 13.5. The van der Waals surface area contributed by atoms with Gasteiger partial charge in [-0.2, -0.15) is 0 Å². The van der Waals surface area contributed by atoms with Crippen molar-refractivity contribution in [3.05, 3.63) is 66.1 Å². The fraction of sp³-hybridized carbons (Fsp3) is 0.333. The number of rotatable bonds is 5. The van der Waals surface area contributed by atoms with E-state index in [0.29, 0.717) is 41.9 Å². The third-order valence-corrected chi connectivity index (χ3v) is 7.49. The van der Waals surface area contributed by atoms with Crippen LogP contribution in [0.25, 0.3) is 11.4 Å². The number of nitrogens with zero attached hydrogens (tertiary/aromatic N) is 3. The molecule has 1 aliphatic heterocycles. The molecular formula is C24H27FN4O2S. The minimum Gasteiger partial charge on any atom is -0.399 e. The summed E-state index contributed by atoms with van der Waals surface area (Å²) < 4.78 is 31.6. The van der Waals surface area contributed by atoms with E-state index >= 15 is 0 Å². The molecule has 2 heterocycles. The Kier molecular flexibility index (Phi) is 6.26. The summed E-state index contributed by atoms with van der Waals surface area (Å²) in [5, 5.41) is 0. The molecule has 8 heteroatoms. The van der Waals surface area contributed by atoms with Crippen molar-refractivity contribution in [1.82, 2.24) is 9.97 Å². The van der Waals surface area contributed by atoms with E-state index in [9.17, 15) is 8.60 Å². The first-order chi connectivity index (χ1) is 15.3. The molecule has 1 saturated heterocycles. The van der Waals surface area contributed by atoms with Crippen LogP contribution in [0.1, 0.15) is 26.5 Å². The molecule has 168 valence electrons. The Labute approximate surface area is 190 Å². The number of aromatic nitrogens is 2. The number of halogens is 1. The maximum absolute atomic E-state index is 13.5. The molecule has 0 bridgehead atoms. The zero-order valence-corrected chi connectivity index (χ0v) is 19.2. The number of nitrogens with two attached hydrogens (primary N) is 1. The number of hydrogen-bond donors (Lipinski definition) is 1. The molecule has 0 radical (unpaired) electrons. The molecule has 0 amide bonds. The Morgan fingerprint density at radius 2 is 1.81 bits per heavy atom. The fourth-order valence-electron chi connectivity index (χ4n) is 3.67. The van der Waals surface area contributed by atoms with Gasteiger partial charge in [-0.05, 0) is 69.3 Å². The smallest absolute Gasteiger partial charge is 0.161 e. The van der Waals surface area contributed by atoms with Crippen LogP contribution < -0.4 is 10.6 Å². The summed E-state index contributed by atoms with van der Waals surface area (Å²) >= 11 is 0. The van der Waals surface area contributed by atoms with Gasteiger partial charge in [0.05, 0.1) is 40.5 Å². The average molecular weight is 455 g/mol. The van der Waals surface area contributed by atoms with Crippen molar-refractivity contribution < 1.29 is 13.3 Å². The number of ether oxygens (including phenoxy) is 1. The highest BCUT2D eigenvalue weighted by atomic mass is 32.2. The Morgan fingerprint density at radius 1 is 1.12 bits per heavy atom. The van der Waals surface area contributed by atoms with Crippen LogP contribution >= 0.6 is 0 Å². The van der Waals surface area contributed by atoms with Crippen LogP contribution in [-0.4, -0.2) is 40.0 Å². The Balaban J connectivity index is 1.81. The van der Waals surface area contributed by atoms with Crippen LogP contribution in [0.2, 0.25) is 0 Å². The zero-order valence-electron chi connectivity index (χ0n) is 18.4. The molecule has 2 N–H and O–H groups in total. The summed E-state index contributed by atoms with van der Waals surface area (Å²) in [6, 6.07) is 15.2. The number of hydrogen-bond acceptors (Lipinski definition) is 6. The molecule has 6 nitrogen and oxygen atoms in total. The molecule has 4 rings (SSSR count). The number of nitrogen functional groups attached to an aromatic ring is 1. The first-order valence-corrected chi connectivity index (χ1v) is 11.7. The Morgan fingerprint density at radius 3 is 2.47 bits per heavy atom. The Bertz CT molecular complexity index is 1120. The largest absolute Gasteiger partial charge is 0.399 e. The molecule has 1 aliphatic rings. The molecular weight excluding hydrogens is 427 g/mol. The molecule has 32 heavy (non-hydrogen) atoms. The minimum atomic E-state index is -1.46. The van der Waals surface area contributed by atoms with Gasteiger partial charge in [-0.3, -0.25) is 4.21 Å². The van der Waals surface area contributed by atoms with Crippen LogP contribution in [0.3, 0.4) is 0 Å². The van der Waals surface area contributed by atoms with Crippen molar-refractivity contribution in [2.45, 2.75) is 36.5 Å². The highest BCUT2D eigenvalue weighted by molar-refractivity contribution is 7.86. The van der Waals surface area contributed by atoms with Crippen molar-refractivity contribution in [2.75, 3.05) is 30.4 Å². The van der Waals surface area contributed by atoms with Crippen LogP contribution in [0.5, 0.6) is 0 Å². The predicted octanol–water partition coefficient (Wildman–Crippen LogP) is 4.13. The standard InChI is InChI=1S/C24H27FN4O2S/c1-16-15-31-13-12-29(16)22-14-21(27-23(28-22)17-4-8-19(26)9-5-17)24(2,3)32(30)20-10-6-18(25)7-11-20/h4-11,14,16H,12-13,15,26H2,1-3H3/t16-,32?/m0/s1. The lowest BCUT2D eigenvalue weighted by molar-refractivity contribution is 0.0985. The quantitative estimate of drug-likeness (QED) is 0.584. The maximum Gasteiger partial charge on any atom is 0.161 e. The van der Waals surface area contributed by atoms with Gasteiger partial charge in [-0.1, -0.05) is 0 Å². The summed E-state index contributed by atoms with van der Waals surface area (Å²) in [6.45, 7) is 7.79. The lowest BCUT2D eigenvalue weighted by Gasteiger charge is -2.35. The van der Waals surface area contributed by atoms with Crippen molar-refractivity contribution in [2.24, 2.45) is 0 Å². The van der Waals surface area contributed by atoms with Crippen molar-refractivity contribution in [3.63, 3.8) is 0 Å². The van der Waals surface area contributed by atoms with E-state index in [1.54, 1.807) is 12.1 Å². The monoisotopic (exact) mass is 454 g/mol. The zero-order chi connectivity index (χ0) is 22.9. The summed E-state index contributed by atoms with van der Waals surface area (Å²) in [4.78, 5) is 12.4. The van der Waals surface area contributed by atoms with Gasteiger partial charge < -0.3 is 15.4 Å². The molecule has 1 fully saturated rings. The van der Waals surface area contributed by atoms with Crippen molar-refractivity contribution in [1.29, 1.82) is 0 Å². The molecule has 0 aliphatic carbocycles. The lowest BCUT2D eigenvalue weighted by atomic mass is 10.1. The predicted molar refractivity (Wildman–Crippen MR) is 125 cm³/mol. The van der Waals surface area contributed by atoms with Gasteiger partial charge in [0.25, 0.3) is 0 Å². The second kappa shape index (κ2) is 8.96. The van der Waals surface area contributed by atoms with Crippen LogP contribution in [-0.2, 0) is 20.3 Å². The SMILES string of the molecule is C[C@H]1COCCN1c1cc(C(C)(C)S(=O)c2ccc(F)cc2)nc(-c2ccc(N)cc2)n1. The van der Waals surface area contributed by atoms with Crippen molar-refractivity contribution in [3.8, 4) is 11.4 Å². The normalized spacial score (nSPS) is 17.9. The number of morpholine rings is 1. The topological polar surface area (TPSA) is 81.3 Å². The van der Waals surface area contributed by atoms with Gasteiger partial charge in [-0.25, -0.2) is 14.4 Å². The van der Waals surface area contributed by atoms with Crippen LogP contribution in [0, 0.1) is 5.82 Å². The van der Waals surface area contributed by atoms with Gasteiger partial charge in [0.15, 0.2) is 5.82 Å². The summed E-state index contributed by atoms with van der Waals surface area (Å²) in [6.07, 6.45) is 0. The summed E-state index contributed by atoms with van der Waals surface area (Å²) in [5.74, 6) is 0.946. The second-order valence-corrected chi connectivity index (χ2v) is 10.4. The second-order valence-electron chi connectivity index (χ2n) is 8.41. The van der Waals surface area contributed by atoms with Crippen molar-refractivity contribution >= 4 is 22.3 Å². The molecule has 3 aromatic rings. The molecule has 2 atom stereocenters. The molecule has 0 spiro atoms. The Hall–Kier alpha value is -2.84. The third kappa shape index (κ3) is 4.52. The van der Waals surface area contributed by atoms with Gasteiger partial charge in [0, 0.05) is 28.8 Å². The van der Waals surface area contributed by atoms with Crippen LogP contribution in [0.4, 0.5) is 15.9 Å². The van der Waals surface area contributed by atoms with E-state index in [2.05, 4.69) is 11.8 Å². The van der Waals surface area contributed by atoms with Crippen LogP contribution in [0.15, 0.2) is 59.5 Å². The molecule has 1 unspecified atom stereocenters. The molecule has 0 saturated carbocycles. The average Bonchev–Trinajstić information content (AvgIpc) is 2.79. The van der Waals surface area contributed by atoms with E-state index in [1.807, 2.05) is 44.2 Å². The van der Waals surface area contributed by atoms with Gasteiger partial charge in [0.1, 0.15) is 11.6 Å². The highest BCUT2D eigenvalue weighted by Gasteiger charge is 2.33. The number of benzene rings is 2. The van der Waals surface area contributed by atoms with E-state index in [0.717, 1.165) is 11.4 Å². The van der Waals surface area contributed by atoms with Gasteiger partial charge in [-0.15, -0.1) is 0 Å². The summed E-state index contributed by atoms with van der Waals surface area (Å²) in [7, 11) is -1.46. The lowest BCUT2D eigenvalue weighted by Crippen LogP contribution is -2.44. The van der Waals surface area contributed by atoms with E-state index in [4.69, 9.17) is 20.4 Å². The van der Waals surface area contributed by atoms with E-state index in [1.165, 1.54) is 12.1 Å². The number of anilines is 2. The first-order valence-electron chi connectivity index (χ1n) is 10.5. The third-order valence-electron chi connectivity index (χ3n) is 5.65. The van der Waals surface area contributed by atoms with Gasteiger partial charge in [0.2, 0.25) is 0 Å². The van der Waals surface area contributed by atoms with E-state index in [-0.39, 0.29) is 11.9 Å². The fourth-order valence-corrected chi connectivity index (χ4v) is 4.93. The molecule has 2 aromatic carbocycles. The van der Waals surface area contributed by atoms with E-state index < -0.39 is 15.5 Å². The minimum absolute atomic E-state index is 0.150. The highest BCUT2D eigenvalue weighted by Crippen LogP contribution is 2.34. The van der Waals surface area contributed by atoms with Gasteiger partial charge >= 0.3 is 0 Å². The first kappa shape index (κ1) is 22.4.